The van der Waals surface area contributed by atoms with Crippen LogP contribution in [0.5, 0.6) is 0 Å². The summed E-state index contributed by atoms with van der Waals surface area (Å²) in [6, 6.07) is 6.61. The molecule has 0 aliphatic heterocycles. The highest BCUT2D eigenvalue weighted by molar-refractivity contribution is 6.03. The molecule has 1 rings (SSSR count). The van der Waals surface area contributed by atoms with Crippen molar-refractivity contribution in [3.63, 3.8) is 0 Å². The maximum absolute atomic E-state index is 12.9. The minimum absolute atomic E-state index is 0.209. The summed E-state index contributed by atoms with van der Waals surface area (Å²) < 4.78 is 21.3. The molecular weight excluding hydrogens is 512 g/mol. The van der Waals surface area contributed by atoms with Gasteiger partial charge < -0.3 is 18.9 Å². The van der Waals surface area contributed by atoms with Gasteiger partial charge in [0.05, 0.1) is 37.6 Å². The summed E-state index contributed by atoms with van der Waals surface area (Å²) in [6.07, 6.45) is 7.04. The number of carbonyl (C=O) groups is 4. The molecule has 8 nitrogen and oxygen atoms in total. The lowest BCUT2D eigenvalue weighted by molar-refractivity contribution is -0.142. The van der Waals surface area contributed by atoms with Gasteiger partial charge in [-0.3, -0.25) is 9.59 Å². The van der Waals surface area contributed by atoms with Gasteiger partial charge in [0.25, 0.3) is 0 Å². The van der Waals surface area contributed by atoms with E-state index in [2.05, 4.69) is 27.7 Å². The Kier molecular flexibility index (Phi) is 17.6. The smallest absolute Gasteiger partial charge is 0.339 e. The van der Waals surface area contributed by atoms with Crippen LogP contribution in [0.1, 0.15) is 114 Å². The fourth-order valence-corrected chi connectivity index (χ4v) is 4.33. The summed E-state index contributed by atoms with van der Waals surface area (Å²) in [5, 5.41) is 0. The van der Waals surface area contributed by atoms with Crippen LogP contribution in [0.3, 0.4) is 0 Å². The fraction of sp³-hybridized carbons (Fsp3) is 0.688. The van der Waals surface area contributed by atoms with Gasteiger partial charge >= 0.3 is 23.9 Å². The molecular formula is C32H50O8. The molecule has 0 saturated heterocycles. The SMILES string of the molecule is CCC(CCC(C)CCOC(C)=O)COC(=O)c1ccccc1C(=O)OCC(CC)CCC(C)CCOC(C)=O. The molecule has 0 heterocycles. The van der Waals surface area contributed by atoms with Crippen LogP contribution in [-0.4, -0.2) is 50.3 Å². The Morgan fingerprint density at radius 1 is 0.600 bits per heavy atom. The van der Waals surface area contributed by atoms with Gasteiger partial charge in [-0.2, -0.15) is 0 Å². The molecule has 0 N–H and O–H groups in total. The van der Waals surface area contributed by atoms with Crippen molar-refractivity contribution in [3.8, 4) is 0 Å². The van der Waals surface area contributed by atoms with Crippen LogP contribution < -0.4 is 0 Å². The van der Waals surface area contributed by atoms with E-state index in [1.165, 1.54) is 13.8 Å². The third kappa shape index (κ3) is 15.0. The predicted molar refractivity (Wildman–Crippen MR) is 154 cm³/mol. The minimum Gasteiger partial charge on any atom is -0.466 e. The standard InChI is InChI=1S/C32H50O8/c1-7-27(15-13-23(3)17-19-37-25(5)33)21-39-31(35)29-11-9-10-12-30(29)32(36)40-22-28(8-2)16-14-24(4)18-20-38-26(6)34/h9-12,23-24,27-28H,7-8,13-22H2,1-6H3. The maximum atomic E-state index is 12.9. The maximum Gasteiger partial charge on any atom is 0.339 e. The lowest BCUT2D eigenvalue weighted by atomic mass is 9.94. The molecule has 0 aliphatic rings. The number of carbonyl (C=O) groups excluding carboxylic acids is 4. The molecule has 0 aliphatic carbocycles. The minimum atomic E-state index is -0.525. The zero-order chi connectivity index (χ0) is 29.9. The van der Waals surface area contributed by atoms with Gasteiger partial charge in [0.15, 0.2) is 0 Å². The molecule has 0 saturated carbocycles. The first-order valence-electron chi connectivity index (χ1n) is 14.8. The highest BCUT2D eigenvalue weighted by atomic mass is 16.5. The van der Waals surface area contributed by atoms with Crippen molar-refractivity contribution in [1.82, 2.24) is 0 Å². The monoisotopic (exact) mass is 562 g/mol. The molecule has 4 atom stereocenters. The van der Waals surface area contributed by atoms with Crippen LogP contribution in [0.15, 0.2) is 24.3 Å². The van der Waals surface area contributed by atoms with Gasteiger partial charge in [0, 0.05) is 13.8 Å². The van der Waals surface area contributed by atoms with Crippen LogP contribution in [0.4, 0.5) is 0 Å². The van der Waals surface area contributed by atoms with Gasteiger partial charge in [-0.1, -0.05) is 65.5 Å². The van der Waals surface area contributed by atoms with Crippen LogP contribution in [0.2, 0.25) is 0 Å². The van der Waals surface area contributed by atoms with E-state index in [1.807, 2.05) is 0 Å². The second-order valence-corrected chi connectivity index (χ2v) is 10.9. The van der Waals surface area contributed by atoms with E-state index in [0.29, 0.717) is 25.0 Å². The molecule has 0 spiro atoms. The molecule has 226 valence electrons. The summed E-state index contributed by atoms with van der Waals surface area (Å²) in [7, 11) is 0. The average Bonchev–Trinajstić information content (AvgIpc) is 2.92. The highest BCUT2D eigenvalue weighted by Gasteiger charge is 2.21. The first kappa shape index (κ1) is 35.1. The predicted octanol–water partition coefficient (Wildman–Crippen LogP) is 6.79. The first-order valence-corrected chi connectivity index (χ1v) is 14.8. The van der Waals surface area contributed by atoms with E-state index in [1.54, 1.807) is 24.3 Å². The topological polar surface area (TPSA) is 105 Å². The van der Waals surface area contributed by atoms with E-state index in [9.17, 15) is 19.2 Å². The van der Waals surface area contributed by atoms with Crippen molar-refractivity contribution < 1.29 is 38.1 Å². The molecule has 0 radical (unpaired) electrons. The third-order valence-electron chi connectivity index (χ3n) is 7.39. The second kappa shape index (κ2) is 20.0. The molecule has 4 unspecified atom stereocenters. The van der Waals surface area contributed by atoms with Gasteiger partial charge in [-0.15, -0.1) is 0 Å². The van der Waals surface area contributed by atoms with Crippen molar-refractivity contribution in [2.75, 3.05) is 26.4 Å². The van der Waals surface area contributed by atoms with Crippen molar-refractivity contribution in [2.45, 2.75) is 92.9 Å². The van der Waals surface area contributed by atoms with E-state index < -0.39 is 11.9 Å². The number of rotatable bonds is 20. The molecule has 1 aromatic carbocycles. The molecule has 0 aromatic heterocycles. The number of hydrogen-bond donors (Lipinski definition) is 0. The Morgan fingerprint density at radius 3 is 1.30 bits per heavy atom. The van der Waals surface area contributed by atoms with Gasteiger partial charge in [-0.05, 0) is 61.5 Å². The quantitative estimate of drug-likeness (QED) is 0.126. The Bertz CT molecular complexity index is 839. The van der Waals surface area contributed by atoms with Crippen molar-refractivity contribution >= 4 is 23.9 Å². The summed E-state index contributed by atoms with van der Waals surface area (Å²) >= 11 is 0. The van der Waals surface area contributed by atoms with Crippen LogP contribution >= 0.6 is 0 Å². The average molecular weight is 563 g/mol. The van der Waals surface area contributed by atoms with E-state index in [0.717, 1.165) is 51.4 Å². The lowest BCUT2D eigenvalue weighted by Gasteiger charge is -2.19. The summed E-state index contributed by atoms with van der Waals surface area (Å²) in [6.45, 7) is 12.6. The molecule has 1 aromatic rings. The number of ether oxygens (including phenoxy) is 4. The summed E-state index contributed by atoms with van der Waals surface area (Å²) in [5.41, 5.74) is 0.425. The fourth-order valence-electron chi connectivity index (χ4n) is 4.33. The normalized spacial score (nSPS) is 13.9. The first-order chi connectivity index (χ1) is 19.1. The zero-order valence-corrected chi connectivity index (χ0v) is 25.4. The Balaban J connectivity index is 2.57. The third-order valence-corrected chi connectivity index (χ3v) is 7.39. The number of hydrogen-bond acceptors (Lipinski definition) is 8. The van der Waals surface area contributed by atoms with Crippen LogP contribution in [-0.2, 0) is 28.5 Å². The van der Waals surface area contributed by atoms with E-state index in [4.69, 9.17) is 18.9 Å². The van der Waals surface area contributed by atoms with Gasteiger partial charge in [-0.25, -0.2) is 9.59 Å². The number of esters is 4. The Labute approximate surface area is 240 Å². The number of benzene rings is 1. The molecule has 0 fully saturated rings. The summed E-state index contributed by atoms with van der Waals surface area (Å²) in [4.78, 5) is 47.7. The second-order valence-electron chi connectivity index (χ2n) is 10.9. The Morgan fingerprint density at radius 2 is 0.975 bits per heavy atom. The zero-order valence-electron chi connectivity index (χ0n) is 25.4. The van der Waals surface area contributed by atoms with Gasteiger partial charge in [0.2, 0.25) is 0 Å². The van der Waals surface area contributed by atoms with Crippen LogP contribution in [0.25, 0.3) is 0 Å². The van der Waals surface area contributed by atoms with Gasteiger partial charge in [0.1, 0.15) is 0 Å². The largest absolute Gasteiger partial charge is 0.466 e. The van der Waals surface area contributed by atoms with E-state index in [-0.39, 0.29) is 48.1 Å². The molecule has 0 amide bonds. The summed E-state index contributed by atoms with van der Waals surface area (Å²) in [5.74, 6) is -0.365. The molecule has 0 bridgehead atoms. The van der Waals surface area contributed by atoms with Crippen LogP contribution in [0, 0.1) is 23.7 Å². The lowest BCUT2D eigenvalue weighted by Crippen LogP contribution is -2.20. The highest BCUT2D eigenvalue weighted by Crippen LogP contribution is 2.21. The van der Waals surface area contributed by atoms with E-state index >= 15 is 0 Å². The Hall–Kier alpha value is -2.90. The van der Waals surface area contributed by atoms with Crippen molar-refractivity contribution in [2.24, 2.45) is 23.7 Å². The molecule has 40 heavy (non-hydrogen) atoms. The molecule has 8 heteroatoms. The van der Waals surface area contributed by atoms with Crippen molar-refractivity contribution in [1.29, 1.82) is 0 Å². The van der Waals surface area contributed by atoms with Crippen molar-refractivity contribution in [3.05, 3.63) is 35.4 Å².